The molecule has 1 aromatic carbocycles. The number of rotatable bonds is 4. The Morgan fingerprint density at radius 2 is 2.04 bits per heavy atom. The lowest BCUT2D eigenvalue weighted by Crippen LogP contribution is -2.34. The van der Waals surface area contributed by atoms with E-state index in [1.165, 1.54) is 17.5 Å². The van der Waals surface area contributed by atoms with Gasteiger partial charge in [-0.3, -0.25) is 23.5 Å². The van der Waals surface area contributed by atoms with Gasteiger partial charge in [0.1, 0.15) is 11.3 Å². The number of carbonyl (C=O) groups excluding carboxylic acids is 1. The summed E-state index contributed by atoms with van der Waals surface area (Å²) < 4.78 is 31.6. The van der Waals surface area contributed by atoms with E-state index < -0.39 is 21.7 Å². The molecule has 0 spiro atoms. The number of ether oxygens (including phenoxy) is 2. The lowest BCUT2D eigenvalue weighted by atomic mass is 10.1. The number of nitro benzene ring substituents is 1. The third-order valence-corrected chi connectivity index (χ3v) is 5.45. The van der Waals surface area contributed by atoms with Crippen molar-refractivity contribution >= 4 is 28.1 Å². The first kappa shape index (κ1) is 17.3. The van der Waals surface area contributed by atoms with E-state index in [0.29, 0.717) is 19.4 Å². The first-order valence-electron chi connectivity index (χ1n) is 6.80. The van der Waals surface area contributed by atoms with Crippen LogP contribution in [0.3, 0.4) is 0 Å². The van der Waals surface area contributed by atoms with E-state index in [2.05, 4.69) is 4.74 Å². The molecular weight excluding hydrogens is 328 g/mol. The van der Waals surface area contributed by atoms with Gasteiger partial charge in [-0.25, -0.2) is 4.79 Å². The fraction of sp³-hybridized carbons (Fsp3) is 0.462. The zero-order chi connectivity index (χ0) is 17.2. The minimum absolute atomic E-state index is 0.0179. The van der Waals surface area contributed by atoms with Crippen LogP contribution in [-0.2, 0) is 4.74 Å². The van der Waals surface area contributed by atoms with Crippen LogP contribution in [0.5, 0.6) is 5.75 Å². The molecule has 0 radical (unpaired) electrons. The molecule has 0 saturated carbocycles. The average molecular weight is 346 g/mol. The standard InChI is InChI=1S/C13H18N2O7S/c1-21-12-10(13(16)22-2)7-9(15(17)18)8-11(12)14-5-3-4-6-23(14,19)20/h7-8,19-20H,3-6H2,1-2H3. The lowest BCUT2D eigenvalue weighted by Gasteiger charge is -2.47. The minimum atomic E-state index is -3.12. The summed E-state index contributed by atoms with van der Waals surface area (Å²) in [5.74, 6) is -0.628. The third kappa shape index (κ3) is 3.33. The van der Waals surface area contributed by atoms with Crippen LogP contribution >= 0.6 is 10.8 Å². The first-order valence-corrected chi connectivity index (χ1v) is 8.47. The van der Waals surface area contributed by atoms with E-state index in [1.807, 2.05) is 0 Å². The zero-order valence-corrected chi connectivity index (χ0v) is 13.5. The summed E-state index contributed by atoms with van der Waals surface area (Å²) in [5, 5.41) is 11.1. The average Bonchev–Trinajstić information content (AvgIpc) is 2.52. The highest BCUT2D eigenvalue weighted by molar-refractivity contribution is 8.25. The van der Waals surface area contributed by atoms with Crippen molar-refractivity contribution in [3.63, 3.8) is 0 Å². The van der Waals surface area contributed by atoms with Crippen molar-refractivity contribution in [3.05, 3.63) is 27.8 Å². The molecule has 0 amide bonds. The van der Waals surface area contributed by atoms with Gasteiger partial charge in [0.25, 0.3) is 5.69 Å². The molecule has 1 saturated heterocycles. The van der Waals surface area contributed by atoms with Crippen molar-refractivity contribution in [3.8, 4) is 5.75 Å². The topological polar surface area (TPSA) is 122 Å². The molecule has 1 aliphatic heterocycles. The van der Waals surface area contributed by atoms with Gasteiger partial charge >= 0.3 is 5.97 Å². The van der Waals surface area contributed by atoms with Crippen LogP contribution in [0.15, 0.2) is 12.1 Å². The van der Waals surface area contributed by atoms with E-state index in [9.17, 15) is 24.0 Å². The molecule has 128 valence electrons. The summed E-state index contributed by atoms with van der Waals surface area (Å²) >= 11 is 0. The van der Waals surface area contributed by atoms with Crippen molar-refractivity contribution in [2.24, 2.45) is 0 Å². The van der Waals surface area contributed by atoms with E-state index in [0.717, 1.165) is 13.2 Å². The van der Waals surface area contributed by atoms with Gasteiger partial charge in [0, 0.05) is 18.7 Å². The molecule has 1 fully saturated rings. The third-order valence-electron chi connectivity index (χ3n) is 3.53. The van der Waals surface area contributed by atoms with E-state index in [-0.39, 0.29) is 28.4 Å². The van der Waals surface area contributed by atoms with Crippen molar-refractivity contribution in [2.75, 3.05) is 30.8 Å². The van der Waals surface area contributed by atoms with Crippen molar-refractivity contribution in [1.29, 1.82) is 0 Å². The van der Waals surface area contributed by atoms with E-state index in [4.69, 9.17) is 4.74 Å². The minimum Gasteiger partial charge on any atom is -0.494 e. The molecule has 9 nitrogen and oxygen atoms in total. The summed E-state index contributed by atoms with van der Waals surface area (Å²) in [4.78, 5) is 22.4. The number of nitro groups is 1. The van der Waals surface area contributed by atoms with Crippen LogP contribution in [0, 0.1) is 10.1 Å². The van der Waals surface area contributed by atoms with Gasteiger partial charge in [-0.1, -0.05) is 0 Å². The summed E-state index contributed by atoms with van der Waals surface area (Å²) in [6, 6.07) is 2.22. The Bertz CT molecular complexity index is 635. The highest BCUT2D eigenvalue weighted by atomic mass is 32.3. The lowest BCUT2D eigenvalue weighted by molar-refractivity contribution is -0.384. The monoisotopic (exact) mass is 346 g/mol. The van der Waals surface area contributed by atoms with E-state index >= 15 is 0 Å². The fourth-order valence-electron chi connectivity index (χ4n) is 2.45. The predicted octanol–water partition coefficient (Wildman–Crippen LogP) is 2.66. The Balaban J connectivity index is 2.67. The number of anilines is 1. The molecule has 2 N–H and O–H groups in total. The number of hydrogen-bond donors (Lipinski definition) is 2. The number of benzene rings is 1. The second kappa shape index (κ2) is 6.60. The van der Waals surface area contributed by atoms with Gasteiger partial charge in [0.2, 0.25) is 0 Å². The van der Waals surface area contributed by atoms with Crippen molar-refractivity contribution in [2.45, 2.75) is 12.8 Å². The van der Waals surface area contributed by atoms with Gasteiger partial charge < -0.3 is 9.47 Å². The summed E-state index contributed by atoms with van der Waals surface area (Å²) in [5.41, 5.74) is -0.399. The number of nitrogens with zero attached hydrogens (tertiary/aromatic N) is 2. The van der Waals surface area contributed by atoms with Crippen molar-refractivity contribution in [1.82, 2.24) is 0 Å². The molecule has 0 aromatic heterocycles. The largest absolute Gasteiger partial charge is 0.494 e. The van der Waals surface area contributed by atoms with E-state index in [1.54, 1.807) is 0 Å². The van der Waals surface area contributed by atoms with Crippen LogP contribution in [0.2, 0.25) is 0 Å². The number of hydrogen-bond acceptors (Lipinski definition) is 8. The maximum absolute atomic E-state index is 11.9. The highest BCUT2D eigenvalue weighted by Gasteiger charge is 2.33. The Morgan fingerprint density at radius 3 is 2.57 bits per heavy atom. The Morgan fingerprint density at radius 1 is 1.35 bits per heavy atom. The van der Waals surface area contributed by atoms with Crippen LogP contribution in [0.4, 0.5) is 11.4 Å². The Hall–Kier alpha value is -2.04. The van der Waals surface area contributed by atoms with Crippen LogP contribution in [0.1, 0.15) is 23.2 Å². The summed E-state index contributed by atoms with van der Waals surface area (Å²) in [6.45, 7) is 0.292. The summed E-state index contributed by atoms with van der Waals surface area (Å²) in [6.07, 6.45) is 1.33. The number of non-ortho nitro benzene ring substituents is 1. The predicted molar refractivity (Wildman–Crippen MR) is 85.3 cm³/mol. The second-order valence-corrected chi connectivity index (χ2v) is 7.05. The quantitative estimate of drug-likeness (QED) is 0.484. The number of methoxy groups -OCH3 is 2. The molecule has 1 aromatic rings. The second-order valence-electron chi connectivity index (χ2n) is 4.94. The molecule has 1 heterocycles. The van der Waals surface area contributed by atoms with Crippen LogP contribution in [0.25, 0.3) is 0 Å². The molecule has 0 aliphatic carbocycles. The molecule has 2 rings (SSSR count). The first-order chi connectivity index (χ1) is 10.8. The summed E-state index contributed by atoms with van der Waals surface area (Å²) in [7, 11) is -0.676. The number of esters is 1. The fourth-order valence-corrected chi connectivity index (χ4v) is 4.13. The molecule has 1 aliphatic rings. The molecular formula is C13H18N2O7S. The highest BCUT2D eigenvalue weighted by Crippen LogP contribution is 2.53. The van der Waals surface area contributed by atoms with Gasteiger partial charge in [-0.05, 0) is 12.8 Å². The maximum atomic E-state index is 11.9. The smallest absolute Gasteiger partial charge is 0.341 e. The van der Waals surface area contributed by atoms with Gasteiger partial charge in [0.05, 0.1) is 24.9 Å². The normalized spacial score (nSPS) is 18.2. The molecule has 0 atom stereocenters. The SMILES string of the molecule is COC(=O)c1cc([N+](=O)[O-])cc(N2CCCCS2(O)O)c1OC. The molecule has 10 heteroatoms. The van der Waals surface area contributed by atoms with Crippen LogP contribution < -0.4 is 9.04 Å². The molecule has 0 unspecified atom stereocenters. The number of carbonyl (C=O) groups is 1. The van der Waals surface area contributed by atoms with Crippen molar-refractivity contribution < 1.29 is 28.3 Å². The Labute approximate surface area is 134 Å². The van der Waals surface area contributed by atoms with Gasteiger partial charge in [0.15, 0.2) is 5.75 Å². The molecule has 0 bridgehead atoms. The zero-order valence-electron chi connectivity index (χ0n) is 12.7. The molecule has 23 heavy (non-hydrogen) atoms. The van der Waals surface area contributed by atoms with Gasteiger partial charge in [-0.2, -0.15) is 0 Å². The Kier molecular flexibility index (Phi) is 4.97. The van der Waals surface area contributed by atoms with Crippen LogP contribution in [-0.4, -0.2) is 46.5 Å². The van der Waals surface area contributed by atoms with Gasteiger partial charge in [-0.15, -0.1) is 10.8 Å². The maximum Gasteiger partial charge on any atom is 0.341 e.